The second-order valence-corrected chi connectivity index (χ2v) is 8.40. The monoisotopic (exact) mass is 427 g/mol. The first-order chi connectivity index (χ1) is 15.7. The van der Waals surface area contributed by atoms with Crippen LogP contribution in [0.3, 0.4) is 0 Å². The third-order valence-electron chi connectivity index (χ3n) is 6.14. The summed E-state index contributed by atoms with van der Waals surface area (Å²) in [6.45, 7) is 6.51. The van der Waals surface area contributed by atoms with E-state index in [4.69, 9.17) is 4.74 Å². The Hall–Kier alpha value is -3.04. The predicted molar refractivity (Wildman–Crippen MR) is 133 cm³/mol. The number of phenols is 1. The normalized spacial score (nSPS) is 14.9. The molecule has 0 bridgehead atoms. The molecule has 1 fully saturated rings. The van der Waals surface area contributed by atoms with Gasteiger partial charge in [0.15, 0.2) is 0 Å². The van der Waals surface area contributed by atoms with Gasteiger partial charge in [0, 0.05) is 6.54 Å². The number of rotatable bonds is 9. The topological polar surface area (TPSA) is 32.7 Å². The average molecular weight is 428 g/mol. The van der Waals surface area contributed by atoms with Gasteiger partial charge < -0.3 is 14.7 Å². The summed E-state index contributed by atoms with van der Waals surface area (Å²) in [5.41, 5.74) is 5.90. The molecule has 0 radical (unpaired) electrons. The molecule has 1 aliphatic rings. The Morgan fingerprint density at radius 2 is 1.56 bits per heavy atom. The Morgan fingerprint density at radius 3 is 2.28 bits per heavy atom. The second-order valence-electron chi connectivity index (χ2n) is 8.40. The van der Waals surface area contributed by atoms with Crippen molar-refractivity contribution in [3.63, 3.8) is 0 Å². The van der Waals surface area contributed by atoms with Crippen molar-refractivity contribution >= 4 is 11.1 Å². The molecule has 0 unspecified atom stereocenters. The summed E-state index contributed by atoms with van der Waals surface area (Å²) in [5, 5.41) is 9.83. The first kappa shape index (κ1) is 22.2. The molecule has 1 saturated heterocycles. The van der Waals surface area contributed by atoms with Crippen molar-refractivity contribution in [2.45, 2.75) is 32.6 Å². The Morgan fingerprint density at radius 1 is 0.844 bits per heavy atom. The van der Waals surface area contributed by atoms with Crippen LogP contribution in [0.4, 0.5) is 0 Å². The fourth-order valence-electron chi connectivity index (χ4n) is 4.53. The molecule has 1 aliphatic heterocycles. The molecule has 3 heteroatoms. The third-order valence-corrected chi connectivity index (χ3v) is 6.14. The summed E-state index contributed by atoms with van der Waals surface area (Å²) in [4.78, 5) is 2.53. The van der Waals surface area contributed by atoms with E-state index < -0.39 is 0 Å². The zero-order valence-electron chi connectivity index (χ0n) is 19.0. The lowest BCUT2D eigenvalue weighted by atomic mass is 9.88. The predicted octanol–water partition coefficient (Wildman–Crippen LogP) is 6.63. The van der Waals surface area contributed by atoms with Crippen molar-refractivity contribution in [1.29, 1.82) is 0 Å². The van der Waals surface area contributed by atoms with Crippen LogP contribution in [0.5, 0.6) is 11.5 Å². The zero-order valence-corrected chi connectivity index (χ0v) is 19.0. The van der Waals surface area contributed by atoms with E-state index in [1.165, 1.54) is 42.6 Å². The van der Waals surface area contributed by atoms with Crippen molar-refractivity contribution in [1.82, 2.24) is 4.90 Å². The lowest BCUT2D eigenvalue weighted by Gasteiger charge is -2.18. The molecule has 1 N–H and O–H groups in total. The van der Waals surface area contributed by atoms with E-state index in [0.717, 1.165) is 42.9 Å². The highest BCUT2D eigenvalue weighted by molar-refractivity contribution is 5.98. The summed E-state index contributed by atoms with van der Waals surface area (Å²) in [6, 6.07) is 26.5. The van der Waals surface area contributed by atoms with E-state index in [-0.39, 0.29) is 5.75 Å². The number of ether oxygens (including phenoxy) is 1. The minimum atomic E-state index is 0.279. The molecule has 0 aromatic heterocycles. The van der Waals surface area contributed by atoms with Gasteiger partial charge in [0.1, 0.15) is 11.5 Å². The molecular weight excluding hydrogens is 394 g/mol. The van der Waals surface area contributed by atoms with Gasteiger partial charge in [0.05, 0.1) is 6.61 Å². The number of phenolic OH excluding ortho intramolecular Hbond substituents is 1. The third kappa shape index (κ3) is 5.60. The van der Waals surface area contributed by atoms with E-state index in [1.54, 1.807) is 12.1 Å². The van der Waals surface area contributed by atoms with Crippen LogP contribution >= 0.6 is 0 Å². The van der Waals surface area contributed by atoms with E-state index in [2.05, 4.69) is 54.3 Å². The highest BCUT2D eigenvalue weighted by Crippen LogP contribution is 2.36. The van der Waals surface area contributed by atoms with Gasteiger partial charge in [0.2, 0.25) is 0 Å². The number of allylic oxidation sites excluding steroid dienone is 1. The number of likely N-dealkylation sites (tertiary alicyclic amines) is 1. The van der Waals surface area contributed by atoms with E-state index in [0.29, 0.717) is 0 Å². The van der Waals surface area contributed by atoms with Gasteiger partial charge >= 0.3 is 0 Å². The fraction of sp³-hybridized carbons (Fsp3) is 0.310. The molecule has 32 heavy (non-hydrogen) atoms. The molecule has 3 nitrogen and oxygen atoms in total. The Bertz CT molecular complexity index is 1020. The largest absolute Gasteiger partial charge is 0.508 e. The smallest absolute Gasteiger partial charge is 0.119 e. The van der Waals surface area contributed by atoms with Crippen LogP contribution in [-0.4, -0.2) is 36.2 Å². The Balaban J connectivity index is 1.62. The maximum atomic E-state index is 9.83. The first-order valence-corrected chi connectivity index (χ1v) is 11.8. The molecule has 0 atom stereocenters. The van der Waals surface area contributed by atoms with Gasteiger partial charge in [-0.1, -0.05) is 61.5 Å². The van der Waals surface area contributed by atoms with Crippen LogP contribution < -0.4 is 4.74 Å². The molecule has 3 aromatic carbocycles. The van der Waals surface area contributed by atoms with Gasteiger partial charge in [0.25, 0.3) is 0 Å². The molecule has 0 saturated carbocycles. The lowest BCUT2D eigenvalue weighted by Crippen LogP contribution is -2.21. The highest BCUT2D eigenvalue weighted by atomic mass is 16.5. The van der Waals surface area contributed by atoms with Gasteiger partial charge in [-0.3, -0.25) is 0 Å². The summed E-state index contributed by atoms with van der Waals surface area (Å²) in [6.07, 6.45) is 4.61. The Kier molecular flexibility index (Phi) is 7.63. The summed E-state index contributed by atoms with van der Waals surface area (Å²) in [7, 11) is 0. The fourth-order valence-corrected chi connectivity index (χ4v) is 4.53. The van der Waals surface area contributed by atoms with E-state index >= 15 is 0 Å². The number of hydrogen-bond acceptors (Lipinski definition) is 3. The van der Waals surface area contributed by atoms with Crippen LogP contribution in [-0.2, 0) is 0 Å². The molecule has 3 aromatic rings. The van der Waals surface area contributed by atoms with Gasteiger partial charge in [-0.05, 0) is 90.9 Å². The molecule has 4 rings (SSSR count). The van der Waals surface area contributed by atoms with Gasteiger partial charge in [-0.25, -0.2) is 0 Å². The zero-order chi connectivity index (χ0) is 22.2. The van der Waals surface area contributed by atoms with Crippen LogP contribution in [0.1, 0.15) is 49.3 Å². The average Bonchev–Trinajstić information content (AvgIpc) is 3.35. The lowest BCUT2D eigenvalue weighted by molar-refractivity contribution is 0.263. The number of hydrogen-bond donors (Lipinski definition) is 1. The summed E-state index contributed by atoms with van der Waals surface area (Å²) >= 11 is 0. The minimum absolute atomic E-state index is 0.279. The SMILES string of the molecule is CC/C(=C(\c1ccc(O)cc1)c1cccc(OCCCN2CCCC2)c1)c1ccccc1. The minimum Gasteiger partial charge on any atom is -0.508 e. The molecule has 166 valence electrons. The molecule has 0 spiro atoms. The number of aromatic hydroxyl groups is 1. The quantitative estimate of drug-likeness (QED) is 0.307. The standard InChI is InChI=1S/C29H33NO2/c1-2-28(23-10-4-3-5-11-23)29(24-14-16-26(31)17-15-24)25-12-8-13-27(22-25)32-21-9-20-30-18-6-7-19-30/h3-5,8,10-17,22,31H,2,6-7,9,18-21H2,1H3/b29-28-. The Labute approximate surface area is 192 Å². The van der Waals surface area contributed by atoms with Crippen molar-refractivity contribution in [2.24, 2.45) is 0 Å². The van der Waals surface area contributed by atoms with Crippen molar-refractivity contribution in [3.05, 3.63) is 95.6 Å². The molecule has 0 aliphatic carbocycles. The second kappa shape index (κ2) is 11.0. The van der Waals surface area contributed by atoms with Crippen molar-refractivity contribution < 1.29 is 9.84 Å². The maximum absolute atomic E-state index is 9.83. The van der Waals surface area contributed by atoms with Crippen molar-refractivity contribution in [3.8, 4) is 11.5 Å². The van der Waals surface area contributed by atoms with Crippen molar-refractivity contribution in [2.75, 3.05) is 26.2 Å². The van der Waals surface area contributed by atoms with Gasteiger partial charge in [-0.2, -0.15) is 0 Å². The van der Waals surface area contributed by atoms with E-state index in [1.807, 2.05) is 24.3 Å². The van der Waals surface area contributed by atoms with Crippen LogP contribution in [0.25, 0.3) is 11.1 Å². The first-order valence-electron chi connectivity index (χ1n) is 11.8. The summed E-state index contributed by atoms with van der Waals surface area (Å²) in [5.74, 6) is 1.18. The van der Waals surface area contributed by atoms with Crippen LogP contribution in [0.15, 0.2) is 78.9 Å². The molecule has 1 heterocycles. The maximum Gasteiger partial charge on any atom is 0.119 e. The molecular formula is C29H33NO2. The summed E-state index contributed by atoms with van der Waals surface area (Å²) < 4.78 is 6.14. The highest BCUT2D eigenvalue weighted by Gasteiger charge is 2.14. The number of nitrogens with zero attached hydrogens (tertiary/aromatic N) is 1. The van der Waals surface area contributed by atoms with Crippen LogP contribution in [0, 0.1) is 0 Å². The van der Waals surface area contributed by atoms with Gasteiger partial charge in [-0.15, -0.1) is 0 Å². The number of benzene rings is 3. The molecule has 0 amide bonds. The van der Waals surface area contributed by atoms with E-state index in [9.17, 15) is 5.11 Å². The van der Waals surface area contributed by atoms with Crippen LogP contribution in [0.2, 0.25) is 0 Å².